The van der Waals surface area contributed by atoms with E-state index in [1.165, 1.54) is 11.1 Å². The molecule has 0 saturated heterocycles. The van der Waals surface area contributed by atoms with Gasteiger partial charge in [0.05, 0.1) is 22.8 Å². The maximum absolute atomic E-state index is 12.7. The molecule has 0 fully saturated rings. The highest BCUT2D eigenvalue weighted by Gasteiger charge is 2.18. The average Bonchev–Trinajstić information content (AvgIpc) is 2.53. The van der Waals surface area contributed by atoms with E-state index in [0.717, 1.165) is 4.90 Å². The molecule has 0 heterocycles. The number of rotatable bonds is 6. The maximum Gasteiger partial charge on any atom is 0.134 e. The Kier molecular flexibility index (Phi) is 5.53. The van der Waals surface area contributed by atoms with Gasteiger partial charge in [-0.25, -0.2) is 0 Å². The van der Waals surface area contributed by atoms with Gasteiger partial charge >= 0.3 is 0 Å². The summed E-state index contributed by atoms with van der Waals surface area (Å²) in [5, 5.41) is 3.26. The van der Waals surface area contributed by atoms with E-state index in [1.807, 2.05) is 43.4 Å². The van der Waals surface area contributed by atoms with Gasteiger partial charge in [0.2, 0.25) is 0 Å². The standard InChI is InChI=1S/C17H21NO2S/c1-13-8-4-5-9-14(13)15(18-2)12-21(19)17-11-7-6-10-16(17)20-3/h4-11,15,18H,12H2,1-3H3. The molecule has 0 spiro atoms. The van der Waals surface area contributed by atoms with Crippen molar-refractivity contribution in [3.63, 3.8) is 0 Å². The highest BCUT2D eigenvalue weighted by atomic mass is 32.2. The molecule has 0 saturated carbocycles. The number of aryl methyl sites for hydroxylation is 1. The lowest BCUT2D eigenvalue weighted by molar-refractivity contribution is 0.404. The predicted molar refractivity (Wildman–Crippen MR) is 87.2 cm³/mol. The van der Waals surface area contributed by atoms with Crippen molar-refractivity contribution < 1.29 is 8.95 Å². The van der Waals surface area contributed by atoms with Gasteiger partial charge in [-0.15, -0.1) is 0 Å². The lowest BCUT2D eigenvalue weighted by Gasteiger charge is -2.19. The van der Waals surface area contributed by atoms with Crippen molar-refractivity contribution in [1.29, 1.82) is 0 Å². The fourth-order valence-corrected chi connectivity index (χ4v) is 3.79. The molecule has 0 bridgehead atoms. The molecular formula is C17H21NO2S. The summed E-state index contributed by atoms with van der Waals surface area (Å²) in [6.45, 7) is 2.08. The summed E-state index contributed by atoms with van der Waals surface area (Å²) >= 11 is 0. The molecule has 2 rings (SSSR count). The molecule has 0 aromatic heterocycles. The fraction of sp³-hybridized carbons (Fsp3) is 0.294. The predicted octanol–water partition coefficient (Wildman–Crippen LogP) is 3.07. The first kappa shape index (κ1) is 15.7. The van der Waals surface area contributed by atoms with Crippen molar-refractivity contribution in [1.82, 2.24) is 5.32 Å². The van der Waals surface area contributed by atoms with Crippen LogP contribution in [0.5, 0.6) is 5.75 Å². The summed E-state index contributed by atoms with van der Waals surface area (Å²) in [4.78, 5) is 0.744. The third-order valence-corrected chi connectivity index (χ3v) is 5.01. The molecule has 0 radical (unpaired) electrons. The summed E-state index contributed by atoms with van der Waals surface area (Å²) < 4.78 is 18.0. The number of methoxy groups -OCH3 is 1. The zero-order valence-corrected chi connectivity index (χ0v) is 13.4. The van der Waals surface area contributed by atoms with Crippen LogP contribution in [0.3, 0.4) is 0 Å². The second-order valence-electron chi connectivity index (χ2n) is 4.86. The van der Waals surface area contributed by atoms with Gasteiger partial charge in [-0.1, -0.05) is 36.4 Å². The zero-order valence-electron chi connectivity index (χ0n) is 12.6. The first-order valence-electron chi connectivity index (χ1n) is 6.91. The monoisotopic (exact) mass is 303 g/mol. The molecule has 2 unspecified atom stereocenters. The van der Waals surface area contributed by atoms with Crippen LogP contribution in [-0.2, 0) is 10.8 Å². The lowest BCUT2D eigenvalue weighted by atomic mass is 10.0. The Balaban J connectivity index is 2.23. The lowest BCUT2D eigenvalue weighted by Crippen LogP contribution is -2.23. The number of hydrogen-bond donors (Lipinski definition) is 1. The molecule has 2 aromatic carbocycles. The Labute approximate surface area is 128 Å². The summed E-state index contributed by atoms with van der Waals surface area (Å²) in [5.74, 6) is 1.19. The highest BCUT2D eigenvalue weighted by Crippen LogP contribution is 2.25. The van der Waals surface area contributed by atoms with Crippen molar-refractivity contribution in [3.8, 4) is 5.75 Å². The van der Waals surface area contributed by atoms with Crippen LogP contribution >= 0.6 is 0 Å². The van der Waals surface area contributed by atoms with Crippen molar-refractivity contribution in [2.24, 2.45) is 0 Å². The SMILES string of the molecule is CNC(CS(=O)c1ccccc1OC)c1ccccc1C. The molecular weight excluding hydrogens is 282 g/mol. The minimum atomic E-state index is -1.12. The Morgan fingerprint density at radius 2 is 1.81 bits per heavy atom. The van der Waals surface area contributed by atoms with Crippen molar-refractivity contribution >= 4 is 10.8 Å². The Hall–Kier alpha value is -1.65. The van der Waals surface area contributed by atoms with Crippen molar-refractivity contribution in [3.05, 3.63) is 59.7 Å². The highest BCUT2D eigenvalue weighted by molar-refractivity contribution is 7.85. The molecule has 0 aliphatic rings. The Morgan fingerprint density at radius 3 is 2.48 bits per heavy atom. The quantitative estimate of drug-likeness (QED) is 0.891. The van der Waals surface area contributed by atoms with Crippen LogP contribution in [0.25, 0.3) is 0 Å². The molecule has 21 heavy (non-hydrogen) atoms. The molecule has 0 aliphatic carbocycles. The van der Waals surface area contributed by atoms with Crippen LogP contribution in [0, 0.1) is 6.92 Å². The van der Waals surface area contributed by atoms with Crippen LogP contribution in [0.1, 0.15) is 17.2 Å². The largest absolute Gasteiger partial charge is 0.495 e. The smallest absolute Gasteiger partial charge is 0.134 e. The summed E-state index contributed by atoms with van der Waals surface area (Å²) in [6, 6.07) is 15.7. The molecule has 2 atom stereocenters. The number of para-hydroxylation sites is 1. The van der Waals surface area contributed by atoms with Crippen LogP contribution in [-0.4, -0.2) is 24.1 Å². The van der Waals surface area contributed by atoms with E-state index < -0.39 is 10.8 Å². The Bertz CT molecular complexity index is 628. The Morgan fingerprint density at radius 1 is 1.14 bits per heavy atom. The first-order valence-corrected chi connectivity index (χ1v) is 8.23. The summed E-state index contributed by atoms with van der Waals surface area (Å²) in [5.41, 5.74) is 2.39. The topological polar surface area (TPSA) is 38.3 Å². The van der Waals surface area contributed by atoms with E-state index >= 15 is 0 Å². The third-order valence-electron chi connectivity index (χ3n) is 3.54. The zero-order chi connectivity index (χ0) is 15.2. The maximum atomic E-state index is 12.7. The number of benzene rings is 2. The summed E-state index contributed by atoms with van der Waals surface area (Å²) in [7, 11) is 2.38. The van der Waals surface area contributed by atoms with E-state index in [1.54, 1.807) is 7.11 Å². The molecule has 2 aromatic rings. The molecule has 112 valence electrons. The minimum Gasteiger partial charge on any atom is -0.495 e. The molecule has 0 aliphatic heterocycles. The second kappa shape index (κ2) is 7.38. The number of hydrogen-bond acceptors (Lipinski definition) is 3. The van der Waals surface area contributed by atoms with E-state index in [-0.39, 0.29) is 6.04 Å². The van der Waals surface area contributed by atoms with Crippen LogP contribution in [0.4, 0.5) is 0 Å². The number of nitrogens with one attached hydrogen (secondary N) is 1. The van der Waals surface area contributed by atoms with Gasteiger partial charge < -0.3 is 10.1 Å². The van der Waals surface area contributed by atoms with E-state index in [0.29, 0.717) is 11.5 Å². The van der Waals surface area contributed by atoms with Crippen molar-refractivity contribution in [2.45, 2.75) is 17.9 Å². The molecule has 3 nitrogen and oxygen atoms in total. The van der Waals surface area contributed by atoms with Gasteiger partial charge in [0.25, 0.3) is 0 Å². The van der Waals surface area contributed by atoms with Crippen LogP contribution < -0.4 is 10.1 Å². The van der Waals surface area contributed by atoms with Crippen LogP contribution in [0.15, 0.2) is 53.4 Å². The van der Waals surface area contributed by atoms with Crippen molar-refractivity contribution in [2.75, 3.05) is 19.9 Å². The average molecular weight is 303 g/mol. The minimum absolute atomic E-state index is 0.0527. The summed E-state index contributed by atoms with van der Waals surface area (Å²) in [6.07, 6.45) is 0. The van der Waals surface area contributed by atoms with Gasteiger partial charge in [0.15, 0.2) is 0 Å². The second-order valence-corrected chi connectivity index (χ2v) is 6.33. The first-order chi connectivity index (χ1) is 10.2. The van der Waals surface area contributed by atoms with Gasteiger partial charge in [-0.3, -0.25) is 4.21 Å². The third kappa shape index (κ3) is 3.71. The van der Waals surface area contributed by atoms with E-state index in [2.05, 4.69) is 24.4 Å². The van der Waals surface area contributed by atoms with Gasteiger partial charge in [-0.2, -0.15) is 0 Å². The number of ether oxygens (including phenoxy) is 1. The molecule has 0 amide bonds. The molecule has 1 N–H and O–H groups in total. The van der Waals surface area contributed by atoms with Crippen LogP contribution in [0.2, 0.25) is 0 Å². The van der Waals surface area contributed by atoms with Gasteiger partial charge in [0.1, 0.15) is 5.75 Å². The van der Waals surface area contributed by atoms with Gasteiger partial charge in [-0.05, 0) is 37.2 Å². The van der Waals surface area contributed by atoms with Gasteiger partial charge in [0, 0.05) is 11.8 Å². The van der Waals surface area contributed by atoms with E-state index in [9.17, 15) is 4.21 Å². The van der Waals surface area contributed by atoms with E-state index in [4.69, 9.17) is 4.74 Å². The normalized spacial score (nSPS) is 13.7. The fourth-order valence-electron chi connectivity index (χ4n) is 2.35. The molecule has 4 heteroatoms.